The maximum atomic E-state index is 13.8. The minimum Gasteiger partial charge on any atom is -0.444 e. The van der Waals surface area contributed by atoms with Gasteiger partial charge in [0.2, 0.25) is 5.89 Å². The molecule has 0 saturated heterocycles. The van der Waals surface area contributed by atoms with Crippen molar-refractivity contribution in [3.63, 3.8) is 0 Å². The Kier molecular flexibility index (Phi) is 3.19. The average molecular weight is 238 g/mol. The van der Waals surface area contributed by atoms with Crippen LogP contribution in [0.2, 0.25) is 0 Å². The van der Waals surface area contributed by atoms with E-state index in [1.54, 1.807) is 14.0 Å². The highest BCUT2D eigenvalue weighted by atomic mass is 19.1. The van der Waals surface area contributed by atoms with Crippen molar-refractivity contribution < 1.29 is 13.2 Å². The zero-order valence-corrected chi connectivity index (χ0v) is 9.55. The fourth-order valence-corrected chi connectivity index (χ4v) is 1.54. The Bertz CT molecular complexity index is 537. The first-order valence-electron chi connectivity index (χ1n) is 5.17. The van der Waals surface area contributed by atoms with E-state index in [9.17, 15) is 8.78 Å². The van der Waals surface area contributed by atoms with Crippen molar-refractivity contribution in [3.05, 3.63) is 41.3 Å². The molecule has 0 amide bonds. The number of oxazole rings is 1. The van der Waals surface area contributed by atoms with E-state index in [4.69, 9.17) is 4.42 Å². The third-order valence-electron chi connectivity index (χ3n) is 2.41. The van der Waals surface area contributed by atoms with Gasteiger partial charge in [-0.2, -0.15) is 0 Å². The molecule has 0 aliphatic heterocycles. The minimum absolute atomic E-state index is 0.0334. The number of nitrogens with zero attached hydrogens (tertiary/aromatic N) is 1. The topological polar surface area (TPSA) is 38.1 Å². The average Bonchev–Trinajstić information content (AvgIpc) is 2.73. The number of hydrogen-bond acceptors (Lipinski definition) is 3. The largest absolute Gasteiger partial charge is 0.444 e. The molecule has 0 unspecified atom stereocenters. The zero-order valence-electron chi connectivity index (χ0n) is 9.55. The molecule has 0 aliphatic carbocycles. The highest BCUT2D eigenvalue weighted by molar-refractivity contribution is 5.56. The Balaban J connectivity index is 2.48. The molecule has 0 radical (unpaired) electrons. The van der Waals surface area contributed by atoms with Gasteiger partial charge in [-0.25, -0.2) is 13.8 Å². The molecule has 2 aromatic rings. The van der Waals surface area contributed by atoms with Crippen LogP contribution in [0.1, 0.15) is 11.3 Å². The number of hydrogen-bond donors (Lipinski definition) is 1. The molecule has 5 heteroatoms. The molecule has 1 aromatic heterocycles. The number of halogens is 2. The lowest BCUT2D eigenvalue weighted by Gasteiger charge is -2.02. The summed E-state index contributed by atoms with van der Waals surface area (Å²) < 4.78 is 32.4. The molecular formula is C12H12F2N2O. The van der Waals surface area contributed by atoms with Crippen LogP contribution in [0.25, 0.3) is 11.5 Å². The van der Waals surface area contributed by atoms with Gasteiger partial charge in [-0.15, -0.1) is 0 Å². The van der Waals surface area contributed by atoms with E-state index >= 15 is 0 Å². The van der Waals surface area contributed by atoms with Crippen molar-refractivity contribution in [2.24, 2.45) is 0 Å². The second-order valence-corrected chi connectivity index (χ2v) is 3.73. The third kappa shape index (κ3) is 2.19. The molecule has 1 aromatic carbocycles. The van der Waals surface area contributed by atoms with Gasteiger partial charge in [0.15, 0.2) is 0 Å². The summed E-state index contributed by atoms with van der Waals surface area (Å²) in [5, 5.41) is 2.88. The number of rotatable bonds is 3. The minimum atomic E-state index is -0.675. The van der Waals surface area contributed by atoms with Crippen LogP contribution in [0.4, 0.5) is 8.78 Å². The predicted octanol–water partition coefficient (Wildman–Crippen LogP) is 2.65. The van der Waals surface area contributed by atoms with E-state index in [1.807, 2.05) is 0 Å². The van der Waals surface area contributed by atoms with Gasteiger partial charge in [0.25, 0.3) is 0 Å². The van der Waals surface area contributed by atoms with Gasteiger partial charge in [0.1, 0.15) is 23.5 Å². The SMILES string of the molecule is CNCc1coc(-c2c(F)ccc(C)c2F)n1. The lowest BCUT2D eigenvalue weighted by atomic mass is 10.1. The quantitative estimate of drug-likeness (QED) is 0.893. The molecule has 1 heterocycles. The molecule has 3 nitrogen and oxygen atoms in total. The van der Waals surface area contributed by atoms with Crippen molar-refractivity contribution >= 4 is 0 Å². The highest BCUT2D eigenvalue weighted by Gasteiger charge is 2.18. The van der Waals surface area contributed by atoms with E-state index < -0.39 is 11.6 Å². The molecule has 0 aliphatic rings. The second kappa shape index (κ2) is 4.63. The first kappa shape index (κ1) is 11.7. The molecule has 90 valence electrons. The van der Waals surface area contributed by atoms with Crippen molar-refractivity contribution in [3.8, 4) is 11.5 Å². The summed E-state index contributed by atoms with van der Waals surface area (Å²) in [6.45, 7) is 2.05. The summed E-state index contributed by atoms with van der Waals surface area (Å²) in [5.41, 5.74) is 0.741. The second-order valence-electron chi connectivity index (χ2n) is 3.73. The highest BCUT2D eigenvalue weighted by Crippen LogP contribution is 2.27. The molecule has 0 bridgehead atoms. The van der Waals surface area contributed by atoms with Crippen molar-refractivity contribution in [1.29, 1.82) is 0 Å². The maximum Gasteiger partial charge on any atom is 0.232 e. The van der Waals surface area contributed by atoms with Crippen LogP contribution < -0.4 is 5.32 Å². The summed E-state index contributed by atoms with van der Waals surface area (Å²) in [4.78, 5) is 4.02. The molecule has 2 rings (SSSR count). The Morgan fingerprint density at radius 1 is 1.35 bits per heavy atom. The maximum absolute atomic E-state index is 13.8. The molecule has 17 heavy (non-hydrogen) atoms. The Hall–Kier alpha value is -1.75. The predicted molar refractivity (Wildman–Crippen MR) is 59.4 cm³/mol. The zero-order chi connectivity index (χ0) is 12.4. The lowest BCUT2D eigenvalue weighted by Crippen LogP contribution is -2.05. The van der Waals surface area contributed by atoms with Crippen LogP contribution >= 0.6 is 0 Å². The van der Waals surface area contributed by atoms with E-state index in [2.05, 4.69) is 10.3 Å². The van der Waals surface area contributed by atoms with E-state index in [-0.39, 0.29) is 11.5 Å². The normalized spacial score (nSPS) is 10.8. The first-order chi connectivity index (χ1) is 8.13. The van der Waals surface area contributed by atoms with Gasteiger partial charge in [0.05, 0.1) is 5.69 Å². The molecule has 0 fully saturated rings. The van der Waals surface area contributed by atoms with Gasteiger partial charge >= 0.3 is 0 Å². The number of benzene rings is 1. The summed E-state index contributed by atoms with van der Waals surface area (Å²) in [6, 6.07) is 2.58. The van der Waals surface area contributed by atoms with Crippen molar-refractivity contribution in [2.45, 2.75) is 13.5 Å². The van der Waals surface area contributed by atoms with Crippen LogP contribution in [0.3, 0.4) is 0 Å². The molecule has 0 atom stereocenters. The Labute approximate surface area is 97.5 Å². The Morgan fingerprint density at radius 3 is 2.82 bits per heavy atom. The molecule has 0 saturated carbocycles. The number of aromatic nitrogens is 1. The van der Waals surface area contributed by atoms with Crippen molar-refractivity contribution in [1.82, 2.24) is 10.3 Å². The van der Waals surface area contributed by atoms with Gasteiger partial charge < -0.3 is 9.73 Å². The third-order valence-corrected chi connectivity index (χ3v) is 2.41. The summed E-state index contributed by atoms with van der Waals surface area (Å²) >= 11 is 0. The summed E-state index contributed by atoms with van der Waals surface area (Å²) in [5.74, 6) is -1.34. The fourth-order valence-electron chi connectivity index (χ4n) is 1.54. The summed E-state index contributed by atoms with van der Waals surface area (Å²) in [7, 11) is 1.75. The monoisotopic (exact) mass is 238 g/mol. The van der Waals surface area contributed by atoms with Crippen LogP contribution in [-0.4, -0.2) is 12.0 Å². The standard InChI is InChI=1S/C12H12F2N2O/c1-7-3-4-9(13)10(11(7)14)12-16-8(5-15-2)6-17-12/h3-4,6,15H,5H2,1-2H3. The smallest absolute Gasteiger partial charge is 0.232 e. The van der Waals surface area contributed by atoms with Gasteiger partial charge in [0, 0.05) is 6.54 Å². The Morgan fingerprint density at radius 2 is 2.12 bits per heavy atom. The van der Waals surface area contributed by atoms with E-state index in [1.165, 1.54) is 18.4 Å². The van der Waals surface area contributed by atoms with Gasteiger partial charge in [-0.1, -0.05) is 6.07 Å². The summed E-state index contributed by atoms with van der Waals surface area (Å²) in [6.07, 6.45) is 1.38. The first-order valence-corrected chi connectivity index (χ1v) is 5.17. The number of aryl methyl sites for hydroxylation is 1. The molecule has 0 spiro atoms. The van der Waals surface area contributed by atoms with Gasteiger partial charge in [-0.3, -0.25) is 0 Å². The van der Waals surface area contributed by atoms with Gasteiger partial charge in [-0.05, 0) is 25.6 Å². The van der Waals surface area contributed by atoms with E-state index in [0.29, 0.717) is 17.8 Å². The van der Waals surface area contributed by atoms with Crippen LogP contribution in [-0.2, 0) is 6.54 Å². The van der Waals surface area contributed by atoms with Crippen molar-refractivity contribution in [2.75, 3.05) is 7.05 Å². The van der Waals surface area contributed by atoms with Crippen LogP contribution in [0.15, 0.2) is 22.8 Å². The molecule has 1 N–H and O–H groups in total. The number of nitrogens with one attached hydrogen (secondary N) is 1. The lowest BCUT2D eigenvalue weighted by molar-refractivity contribution is 0.538. The van der Waals surface area contributed by atoms with E-state index in [0.717, 1.165) is 0 Å². The molecular weight excluding hydrogens is 226 g/mol. The van der Waals surface area contributed by atoms with Crippen LogP contribution in [0, 0.1) is 18.6 Å². The fraction of sp³-hybridized carbons (Fsp3) is 0.250. The van der Waals surface area contributed by atoms with Crippen LogP contribution in [0.5, 0.6) is 0 Å².